The first-order chi connectivity index (χ1) is 8.54. The first-order valence-electron chi connectivity index (χ1n) is 6.08. The van der Waals surface area contributed by atoms with Crippen LogP contribution in [0.25, 0.3) is 0 Å². The third kappa shape index (κ3) is 3.74. The summed E-state index contributed by atoms with van der Waals surface area (Å²) in [6, 6.07) is 7.10. The quantitative estimate of drug-likeness (QED) is 0.762. The summed E-state index contributed by atoms with van der Waals surface area (Å²) in [5, 5.41) is 12.6. The van der Waals surface area contributed by atoms with Crippen LogP contribution in [0, 0.1) is 5.41 Å². The Kier molecular flexibility index (Phi) is 5.16. The van der Waals surface area contributed by atoms with E-state index in [0.29, 0.717) is 12.1 Å². The smallest absolute Gasteiger partial charge is 0.337 e. The van der Waals surface area contributed by atoms with Crippen molar-refractivity contribution in [3.63, 3.8) is 0 Å². The molecule has 0 saturated carbocycles. The SMILES string of the molecule is CCC(C)(CO)CNc1ccc(C(=O)OC)cc1. The summed E-state index contributed by atoms with van der Waals surface area (Å²) in [5.74, 6) is -0.338. The van der Waals surface area contributed by atoms with Crippen LogP contribution in [-0.4, -0.2) is 31.3 Å². The molecule has 0 aliphatic carbocycles. The average molecular weight is 251 g/mol. The van der Waals surface area contributed by atoms with E-state index in [9.17, 15) is 9.90 Å². The van der Waals surface area contributed by atoms with Gasteiger partial charge in [-0.1, -0.05) is 13.8 Å². The second-order valence-corrected chi connectivity index (χ2v) is 4.74. The monoisotopic (exact) mass is 251 g/mol. The van der Waals surface area contributed by atoms with E-state index in [1.807, 2.05) is 19.1 Å². The number of aliphatic hydroxyl groups excluding tert-OH is 1. The second kappa shape index (κ2) is 6.40. The number of methoxy groups -OCH3 is 1. The highest BCUT2D eigenvalue weighted by Gasteiger charge is 2.20. The fraction of sp³-hybridized carbons (Fsp3) is 0.500. The number of carbonyl (C=O) groups excluding carboxylic acids is 1. The molecule has 1 rings (SSSR count). The van der Waals surface area contributed by atoms with Crippen molar-refractivity contribution in [2.24, 2.45) is 5.41 Å². The standard InChI is InChI=1S/C14H21NO3/c1-4-14(2,10-16)9-15-12-7-5-11(6-8-12)13(17)18-3/h5-8,15-16H,4,9-10H2,1-3H3. The number of esters is 1. The van der Waals surface area contributed by atoms with Gasteiger partial charge in [-0.3, -0.25) is 0 Å². The van der Waals surface area contributed by atoms with Crippen LogP contribution in [-0.2, 0) is 4.74 Å². The van der Waals surface area contributed by atoms with Gasteiger partial charge >= 0.3 is 5.97 Å². The van der Waals surface area contributed by atoms with Crippen LogP contribution in [0.1, 0.15) is 30.6 Å². The summed E-state index contributed by atoms with van der Waals surface area (Å²) in [5.41, 5.74) is 1.33. The summed E-state index contributed by atoms with van der Waals surface area (Å²) < 4.78 is 4.63. The molecule has 1 aromatic rings. The molecule has 0 aromatic heterocycles. The minimum Gasteiger partial charge on any atom is -0.465 e. The van der Waals surface area contributed by atoms with E-state index in [1.54, 1.807) is 12.1 Å². The third-order valence-electron chi connectivity index (χ3n) is 3.26. The van der Waals surface area contributed by atoms with E-state index in [-0.39, 0.29) is 18.0 Å². The molecular formula is C14H21NO3. The molecule has 18 heavy (non-hydrogen) atoms. The number of anilines is 1. The number of hydrogen-bond acceptors (Lipinski definition) is 4. The zero-order valence-corrected chi connectivity index (χ0v) is 11.2. The van der Waals surface area contributed by atoms with Crippen molar-refractivity contribution in [2.45, 2.75) is 20.3 Å². The molecule has 4 nitrogen and oxygen atoms in total. The maximum Gasteiger partial charge on any atom is 0.337 e. The molecule has 0 spiro atoms. The largest absolute Gasteiger partial charge is 0.465 e. The summed E-state index contributed by atoms with van der Waals surface area (Å²) in [7, 11) is 1.36. The molecule has 4 heteroatoms. The van der Waals surface area contributed by atoms with Gasteiger partial charge in [0.2, 0.25) is 0 Å². The molecule has 100 valence electrons. The number of ether oxygens (including phenoxy) is 1. The molecule has 0 radical (unpaired) electrons. The Labute approximate surface area is 108 Å². The van der Waals surface area contributed by atoms with Crippen LogP contribution in [0.5, 0.6) is 0 Å². The van der Waals surface area contributed by atoms with Crippen LogP contribution in [0.15, 0.2) is 24.3 Å². The highest BCUT2D eigenvalue weighted by atomic mass is 16.5. The Bertz CT molecular complexity index is 383. The van der Waals surface area contributed by atoms with Crippen molar-refractivity contribution in [1.82, 2.24) is 0 Å². The van der Waals surface area contributed by atoms with Gasteiger partial charge < -0.3 is 15.2 Å². The van der Waals surface area contributed by atoms with E-state index >= 15 is 0 Å². The molecular weight excluding hydrogens is 230 g/mol. The maximum atomic E-state index is 11.3. The minimum absolute atomic E-state index is 0.124. The Morgan fingerprint density at radius 1 is 1.39 bits per heavy atom. The fourth-order valence-electron chi connectivity index (χ4n) is 1.45. The maximum absolute atomic E-state index is 11.3. The van der Waals surface area contributed by atoms with Gasteiger partial charge in [-0.25, -0.2) is 4.79 Å². The highest BCUT2D eigenvalue weighted by molar-refractivity contribution is 5.89. The van der Waals surface area contributed by atoms with Crippen molar-refractivity contribution in [3.8, 4) is 0 Å². The van der Waals surface area contributed by atoms with Crippen molar-refractivity contribution >= 4 is 11.7 Å². The zero-order valence-electron chi connectivity index (χ0n) is 11.2. The first kappa shape index (κ1) is 14.5. The lowest BCUT2D eigenvalue weighted by molar-refractivity contribution is 0.0601. The van der Waals surface area contributed by atoms with Gasteiger partial charge in [0.1, 0.15) is 0 Å². The normalized spacial score (nSPS) is 13.8. The zero-order chi connectivity index (χ0) is 13.6. The summed E-state index contributed by atoms with van der Waals surface area (Å²) >= 11 is 0. The lowest BCUT2D eigenvalue weighted by Crippen LogP contribution is -2.29. The predicted octanol–water partition coefficient (Wildman–Crippen LogP) is 2.29. The topological polar surface area (TPSA) is 58.6 Å². The van der Waals surface area contributed by atoms with Gasteiger partial charge in [-0.15, -0.1) is 0 Å². The predicted molar refractivity (Wildman–Crippen MR) is 71.8 cm³/mol. The molecule has 1 unspecified atom stereocenters. The number of aliphatic hydroxyl groups is 1. The van der Waals surface area contributed by atoms with Crippen LogP contribution < -0.4 is 5.32 Å². The summed E-state index contributed by atoms with van der Waals surface area (Å²) in [6.07, 6.45) is 0.900. The van der Waals surface area contributed by atoms with Gasteiger partial charge in [0.25, 0.3) is 0 Å². The number of benzene rings is 1. The number of rotatable bonds is 6. The molecule has 2 N–H and O–H groups in total. The number of carbonyl (C=O) groups is 1. The van der Waals surface area contributed by atoms with Crippen LogP contribution in [0.2, 0.25) is 0 Å². The average Bonchev–Trinajstić information content (AvgIpc) is 2.44. The molecule has 0 fully saturated rings. The lowest BCUT2D eigenvalue weighted by atomic mass is 9.88. The highest BCUT2D eigenvalue weighted by Crippen LogP contribution is 2.21. The second-order valence-electron chi connectivity index (χ2n) is 4.74. The third-order valence-corrected chi connectivity index (χ3v) is 3.26. The summed E-state index contributed by atoms with van der Waals surface area (Å²) in [6.45, 7) is 4.93. The van der Waals surface area contributed by atoms with Crippen molar-refractivity contribution in [1.29, 1.82) is 0 Å². The summed E-state index contributed by atoms with van der Waals surface area (Å²) in [4.78, 5) is 11.3. The molecule has 1 aromatic carbocycles. The number of nitrogens with one attached hydrogen (secondary N) is 1. The van der Waals surface area contributed by atoms with Crippen LogP contribution in [0.3, 0.4) is 0 Å². The van der Waals surface area contributed by atoms with Gasteiger partial charge in [-0.05, 0) is 30.7 Å². The van der Waals surface area contributed by atoms with Gasteiger partial charge in [0.15, 0.2) is 0 Å². The Balaban J connectivity index is 2.62. The van der Waals surface area contributed by atoms with Gasteiger partial charge in [-0.2, -0.15) is 0 Å². The molecule has 0 saturated heterocycles. The van der Waals surface area contributed by atoms with Crippen molar-refractivity contribution < 1.29 is 14.6 Å². The van der Waals surface area contributed by atoms with E-state index in [0.717, 1.165) is 12.1 Å². The Morgan fingerprint density at radius 3 is 2.44 bits per heavy atom. The molecule has 0 bridgehead atoms. The lowest BCUT2D eigenvalue weighted by Gasteiger charge is -2.26. The minimum atomic E-state index is -0.338. The van der Waals surface area contributed by atoms with E-state index in [4.69, 9.17) is 0 Å². The van der Waals surface area contributed by atoms with Gasteiger partial charge in [0, 0.05) is 17.6 Å². The van der Waals surface area contributed by atoms with Crippen molar-refractivity contribution in [2.75, 3.05) is 25.6 Å². The molecule has 0 aliphatic heterocycles. The Morgan fingerprint density at radius 2 is 2.00 bits per heavy atom. The fourth-order valence-corrected chi connectivity index (χ4v) is 1.45. The van der Waals surface area contributed by atoms with E-state index in [2.05, 4.69) is 17.0 Å². The van der Waals surface area contributed by atoms with E-state index in [1.165, 1.54) is 7.11 Å². The molecule has 0 aliphatic rings. The molecule has 0 heterocycles. The van der Waals surface area contributed by atoms with Gasteiger partial charge in [0.05, 0.1) is 19.3 Å². The van der Waals surface area contributed by atoms with E-state index < -0.39 is 0 Å². The molecule has 0 amide bonds. The van der Waals surface area contributed by atoms with Crippen LogP contribution in [0.4, 0.5) is 5.69 Å². The first-order valence-corrected chi connectivity index (χ1v) is 6.08. The molecule has 1 atom stereocenters. The Hall–Kier alpha value is -1.55. The van der Waals surface area contributed by atoms with Crippen LogP contribution >= 0.6 is 0 Å². The number of hydrogen-bond donors (Lipinski definition) is 2. The van der Waals surface area contributed by atoms with Crippen molar-refractivity contribution in [3.05, 3.63) is 29.8 Å².